The number of carbonyl (C=O) groups excluding carboxylic acids is 2. The SMILES string of the molecule is CC(=O)c1cccc(Nc2cc(C(=O)NCCN3CCOCC3)ccn2)c1. The maximum atomic E-state index is 12.4. The Kier molecular flexibility index (Phi) is 6.51. The molecule has 1 fully saturated rings. The minimum atomic E-state index is -0.133. The highest BCUT2D eigenvalue weighted by Gasteiger charge is 2.11. The smallest absolute Gasteiger partial charge is 0.251 e. The van der Waals surface area contributed by atoms with Gasteiger partial charge in [-0.2, -0.15) is 0 Å². The maximum Gasteiger partial charge on any atom is 0.251 e. The van der Waals surface area contributed by atoms with Crippen LogP contribution in [0.15, 0.2) is 42.6 Å². The predicted octanol–water partition coefficient (Wildman–Crippen LogP) is 2.09. The normalized spacial score (nSPS) is 14.6. The average molecular weight is 368 g/mol. The molecule has 0 saturated carbocycles. The number of pyridine rings is 1. The number of amides is 1. The van der Waals surface area contributed by atoms with Crippen molar-refractivity contribution in [3.8, 4) is 0 Å². The van der Waals surface area contributed by atoms with Gasteiger partial charge in [0.05, 0.1) is 13.2 Å². The first-order valence-electron chi connectivity index (χ1n) is 9.04. The lowest BCUT2D eigenvalue weighted by atomic mass is 10.1. The van der Waals surface area contributed by atoms with Crippen molar-refractivity contribution in [2.24, 2.45) is 0 Å². The van der Waals surface area contributed by atoms with E-state index in [1.54, 1.807) is 36.5 Å². The Hall–Kier alpha value is -2.77. The van der Waals surface area contributed by atoms with E-state index in [4.69, 9.17) is 4.74 Å². The molecule has 0 spiro atoms. The van der Waals surface area contributed by atoms with Crippen molar-refractivity contribution >= 4 is 23.2 Å². The fourth-order valence-corrected chi connectivity index (χ4v) is 2.86. The van der Waals surface area contributed by atoms with Crippen LogP contribution in [0, 0.1) is 0 Å². The zero-order valence-corrected chi connectivity index (χ0v) is 15.4. The number of Topliss-reactive ketones (excluding diaryl/α,β-unsaturated/α-hetero) is 1. The number of aromatic nitrogens is 1. The Morgan fingerprint density at radius 1 is 1.15 bits per heavy atom. The molecule has 27 heavy (non-hydrogen) atoms. The monoisotopic (exact) mass is 368 g/mol. The second-order valence-electron chi connectivity index (χ2n) is 6.40. The van der Waals surface area contributed by atoms with Gasteiger partial charge in [-0.3, -0.25) is 14.5 Å². The molecule has 1 aliphatic rings. The number of carbonyl (C=O) groups is 2. The van der Waals surface area contributed by atoms with E-state index in [0.717, 1.165) is 38.5 Å². The first kappa shape index (κ1) is 19.0. The Morgan fingerprint density at radius 2 is 1.96 bits per heavy atom. The highest BCUT2D eigenvalue weighted by Crippen LogP contribution is 2.17. The average Bonchev–Trinajstić information content (AvgIpc) is 2.69. The van der Waals surface area contributed by atoms with Crippen molar-refractivity contribution in [3.05, 3.63) is 53.7 Å². The van der Waals surface area contributed by atoms with E-state index in [1.165, 1.54) is 6.92 Å². The van der Waals surface area contributed by atoms with E-state index in [2.05, 4.69) is 20.5 Å². The third-order valence-corrected chi connectivity index (χ3v) is 4.38. The number of nitrogens with zero attached hydrogens (tertiary/aromatic N) is 2. The lowest BCUT2D eigenvalue weighted by Crippen LogP contribution is -2.41. The van der Waals surface area contributed by atoms with E-state index in [1.807, 2.05) is 6.07 Å². The number of nitrogens with one attached hydrogen (secondary N) is 2. The molecule has 1 aliphatic heterocycles. The van der Waals surface area contributed by atoms with Crippen LogP contribution in [0.1, 0.15) is 27.6 Å². The third kappa shape index (κ3) is 5.60. The topological polar surface area (TPSA) is 83.6 Å². The highest BCUT2D eigenvalue weighted by molar-refractivity contribution is 5.96. The molecule has 2 N–H and O–H groups in total. The second-order valence-corrected chi connectivity index (χ2v) is 6.40. The summed E-state index contributed by atoms with van der Waals surface area (Å²) in [5.41, 5.74) is 1.91. The number of ketones is 1. The summed E-state index contributed by atoms with van der Waals surface area (Å²) in [6.45, 7) is 6.22. The van der Waals surface area contributed by atoms with Crippen LogP contribution in [-0.2, 0) is 4.74 Å². The van der Waals surface area contributed by atoms with Crippen LogP contribution in [0.3, 0.4) is 0 Å². The van der Waals surface area contributed by atoms with Crippen molar-refractivity contribution in [1.29, 1.82) is 0 Å². The van der Waals surface area contributed by atoms with Crippen molar-refractivity contribution in [1.82, 2.24) is 15.2 Å². The largest absolute Gasteiger partial charge is 0.379 e. The molecule has 1 aromatic carbocycles. The Bertz CT molecular complexity index is 803. The number of morpholine rings is 1. The lowest BCUT2D eigenvalue weighted by molar-refractivity contribution is 0.0383. The third-order valence-electron chi connectivity index (χ3n) is 4.38. The molecule has 0 aliphatic carbocycles. The van der Waals surface area contributed by atoms with E-state index >= 15 is 0 Å². The summed E-state index contributed by atoms with van der Waals surface area (Å²) < 4.78 is 5.32. The van der Waals surface area contributed by atoms with Gasteiger partial charge in [-0.1, -0.05) is 12.1 Å². The molecule has 142 valence electrons. The minimum Gasteiger partial charge on any atom is -0.379 e. The van der Waals surface area contributed by atoms with Gasteiger partial charge < -0.3 is 15.4 Å². The molecule has 2 aromatic rings. The van der Waals surface area contributed by atoms with Crippen LogP contribution in [0.2, 0.25) is 0 Å². The van der Waals surface area contributed by atoms with Gasteiger partial charge in [0.15, 0.2) is 5.78 Å². The van der Waals surface area contributed by atoms with E-state index in [-0.39, 0.29) is 11.7 Å². The number of hydrogen-bond donors (Lipinski definition) is 2. The van der Waals surface area contributed by atoms with Gasteiger partial charge in [-0.15, -0.1) is 0 Å². The van der Waals surface area contributed by atoms with Crippen LogP contribution in [0.5, 0.6) is 0 Å². The number of benzene rings is 1. The molecular formula is C20H24N4O3. The quantitative estimate of drug-likeness (QED) is 0.728. The van der Waals surface area contributed by atoms with Gasteiger partial charge in [-0.25, -0.2) is 4.98 Å². The van der Waals surface area contributed by atoms with Gasteiger partial charge in [0.25, 0.3) is 5.91 Å². The van der Waals surface area contributed by atoms with Crippen molar-refractivity contribution < 1.29 is 14.3 Å². The summed E-state index contributed by atoms with van der Waals surface area (Å²) in [4.78, 5) is 30.4. The highest BCUT2D eigenvalue weighted by atomic mass is 16.5. The predicted molar refractivity (Wildman–Crippen MR) is 104 cm³/mol. The molecule has 1 aromatic heterocycles. The minimum absolute atomic E-state index is 0.00000523. The van der Waals surface area contributed by atoms with E-state index < -0.39 is 0 Å². The summed E-state index contributed by atoms with van der Waals surface area (Å²) in [7, 11) is 0. The summed E-state index contributed by atoms with van der Waals surface area (Å²) in [5.74, 6) is 0.419. The van der Waals surface area contributed by atoms with Gasteiger partial charge >= 0.3 is 0 Å². The molecule has 1 saturated heterocycles. The van der Waals surface area contributed by atoms with E-state index in [0.29, 0.717) is 23.5 Å². The summed E-state index contributed by atoms with van der Waals surface area (Å²) in [6, 6.07) is 10.6. The standard InChI is InChI=1S/C20H24N4O3/c1-15(25)16-3-2-4-18(13-16)23-19-14-17(5-6-21-19)20(26)22-7-8-24-9-11-27-12-10-24/h2-6,13-14H,7-12H2,1H3,(H,21,23)(H,22,26). The fourth-order valence-electron chi connectivity index (χ4n) is 2.86. The molecule has 0 atom stereocenters. The Balaban J connectivity index is 1.57. The molecule has 2 heterocycles. The fraction of sp³-hybridized carbons (Fsp3) is 0.350. The molecule has 0 radical (unpaired) electrons. The zero-order chi connectivity index (χ0) is 19.1. The van der Waals surface area contributed by atoms with E-state index in [9.17, 15) is 9.59 Å². The summed E-state index contributed by atoms with van der Waals surface area (Å²) in [5, 5.41) is 6.08. The first-order valence-corrected chi connectivity index (χ1v) is 9.04. The van der Waals surface area contributed by atoms with Gasteiger partial charge in [0.2, 0.25) is 0 Å². The molecule has 3 rings (SSSR count). The molecule has 0 bridgehead atoms. The maximum absolute atomic E-state index is 12.4. The molecule has 0 unspecified atom stereocenters. The van der Waals surface area contributed by atoms with Crippen molar-refractivity contribution in [3.63, 3.8) is 0 Å². The number of rotatable bonds is 7. The van der Waals surface area contributed by atoms with Crippen LogP contribution >= 0.6 is 0 Å². The molecule has 7 nitrogen and oxygen atoms in total. The van der Waals surface area contributed by atoms with Crippen molar-refractivity contribution in [2.45, 2.75) is 6.92 Å². The lowest BCUT2D eigenvalue weighted by Gasteiger charge is -2.26. The summed E-state index contributed by atoms with van der Waals surface area (Å²) in [6.07, 6.45) is 1.59. The second kappa shape index (κ2) is 9.25. The number of ether oxygens (including phenoxy) is 1. The van der Waals surface area contributed by atoms with Crippen LogP contribution in [0.25, 0.3) is 0 Å². The molecule has 1 amide bonds. The zero-order valence-electron chi connectivity index (χ0n) is 15.4. The van der Waals surface area contributed by atoms with Gasteiger partial charge in [0.1, 0.15) is 5.82 Å². The Morgan fingerprint density at radius 3 is 2.74 bits per heavy atom. The van der Waals surface area contributed by atoms with Crippen LogP contribution in [0.4, 0.5) is 11.5 Å². The van der Waals surface area contributed by atoms with Gasteiger partial charge in [-0.05, 0) is 31.2 Å². The van der Waals surface area contributed by atoms with Crippen LogP contribution in [-0.4, -0.2) is 61.0 Å². The number of anilines is 2. The van der Waals surface area contributed by atoms with Crippen LogP contribution < -0.4 is 10.6 Å². The number of hydrogen-bond acceptors (Lipinski definition) is 6. The summed E-state index contributed by atoms with van der Waals surface area (Å²) >= 11 is 0. The molecule has 7 heteroatoms. The first-order chi connectivity index (χ1) is 13.1. The molecular weight excluding hydrogens is 344 g/mol. The van der Waals surface area contributed by atoms with Gasteiger partial charge in [0, 0.05) is 49.2 Å². The Labute approximate surface area is 158 Å². The van der Waals surface area contributed by atoms with Crippen molar-refractivity contribution in [2.75, 3.05) is 44.7 Å².